The van der Waals surface area contributed by atoms with E-state index in [2.05, 4.69) is 56.3 Å². The van der Waals surface area contributed by atoms with Crippen molar-refractivity contribution in [1.82, 2.24) is 4.90 Å². The highest BCUT2D eigenvalue weighted by Gasteiger charge is 2.30. The molecule has 1 aliphatic heterocycles. The molecule has 0 aliphatic carbocycles. The number of fused-ring (bicyclic) bond motifs is 6. The first kappa shape index (κ1) is 13.3. The van der Waals surface area contributed by atoms with Crippen molar-refractivity contribution in [3.63, 3.8) is 0 Å². The molecule has 4 rings (SSSR count). The van der Waals surface area contributed by atoms with Crippen LogP contribution in [0, 0.1) is 6.92 Å². The Bertz CT molecular complexity index is 910. The van der Waals surface area contributed by atoms with Gasteiger partial charge < -0.3 is 4.90 Å². The van der Waals surface area contributed by atoms with Gasteiger partial charge in [-0.1, -0.05) is 55.0 Å². The molecule has 3 aromatic carbocycles. The molecule has 0 radical (unpaired) electrons. The van der Waals surface area contributed by atoms with E-state index in [9.17, 15) is 4.79 Å². The summed E-state index contributed by atoms with van der Waals surface area (Å²) in [5.74, 6) is 0.191. The second-order valence-electron chi connectivity index (χ2n) is 6.17. The molecule has 0 N–H and O–H groups in total. The molecule has 1 heterocycles. The number of benzene rings is 3. The zero-order valence-electron chi connectivity index (χ0n) is 13.0. The molecule has 22 heavy (non-hydrogen) atoms. The van der Waals surface area contributed by atoms with Crippen molar-refractivity contribution < 1.29 is 4.79 Å². The normalized spacial score (nSPS) is 14.1. The number of aryl methyl sites for hydroxylation is 1. The van der Waals surface area contributed by atoms with Gasteiger partial charge in [0, 0.05) is 13.1 Å². The Kier molecular flexibility index (Phi) is 2.93. The second kappa shape index (κ2) is 4.84. The van der Waals surface area contributed by atoms with E-state index >= 15 is 0 Å². The zero-order chi connectivity index (χ0) is 15.3. The predicted molar refractivity (Wildman–Crippen MR) is 91.2 cm³/mol. The van der Waals surface area contributed by atoms with E-state index in [0.717, 1.165) is 30.5 Å². The molecule has 0 aromatic heterocycles. The first-order chi connectivity index (χ1) is 10.7. The number of carbonyl (C=O) groups excluding carboxylic acids is 1. The number of nitrogens with zero attached hydrogens (tertiary/aromatic N) is 1. The fraction of sp³-hybridized carbons (Fsp3) is 0.250. The summed E-state index contributed by atoms with van der Waals surface area (Å²) in [6, 6.07) is 14.9. The molecular weight excluding hydrogens is 270 g/mol. The summed E-state index contributed by atoms with van der Waals surface area (Å²) < 4.78 is 0. The molecule has 1 amide bonds. The highest BCUT2D eigenvalue weighted by Crippen LogP contribution is 2.38. The monoisotopic (exact) mass is 289 g/mol. The van der Waals surface area contributed by atoms with Gasteiger partial charge >= 0.3 is 0 Å². The van der Waals surface area contributed by atoms with E-state index in [1.807, 2.05) is 4.90 Å². The fourth-order valence-electron chi connectivity index (χ4n) is 3.66. The fourth-order valence-corrected chi connectivity index (χ4v) is 3.66. The average Bonchev–Trinajstić information content (AvgIpc) is 2.85. The van der Waals surface area contributed by atoms with E-state index in [4.69, 9.17) is 0 Å². The third-order valence-electron chi connectivity index (χ3n) is 4.63. The lowest BCUT2D eigenvalue weighted by Crippen LogP contribution is -2.24. The van der Waals surface area contributed by atoms with Gasteiger partial charge in [-0.05, 0) is 40.5 Å². The minimum atomic E-state index is 0.191. The Balaban J connectivity index is 2.13. The van der Waals surface area contributed by atoms with Gasteiger partial charge in [0.2, 0.25) is 0 Å². The smallest absolute Gasteiger partial charge is 0.255 e. The quantitative estimate of drug-likeness (QED) is 0.628. The van der Waals surface area contributed by atoms with E-state index in [1.54, 1.807) is 0 Å². The summed E-state index contributed by atoms with van der Waals surface area (Å²) in [6.45, 7) is 5.80. The Labute approximate surface area is 130 Å². The maximum Gasteiger partial charge on any atom is 0.255 e. The summed E-state index contributed by atoms with van der Waals surface area (Å²) in [5, 5.41) is 4.78. The van der Waals surface area contributed by atoms with Gasteiger partial charge in [0.15, 0.2) is 0 Å². The largest absolute Gasteiger partial charge is 0.334 e. The molecule has 0 atom stereocenters. The van der Waals surface area contributed by atoms with Gasteiger partial charge in [0.05, 0.1) is 5.56 Å². The van der Waals surface area contributed by atoms with E-state index in [-0.39, 0.29) is 5.91 Å². The van der Waals surface area contributed by atoms with E-state index in [1.165, 1.54) is 27.3 Å². The van der Waals surface area contributed by atoms with Crippen molar-refractivity contribution in [2.75, 3.05) is 6.54 Å². The second-order valence-corrected chi connectivity index (χ2v) is 6.17. The molecule has 0 fully saturated rings. The van der Waals surface area contributed by atoms with Crippen molar-refractivity contribution in [3.05, 3.63) is 59.2 Å². The Hall–Kier alpha value is -2.35. The third-order valence-corrected chi connectivity index (χ3v) is 4.63. The minimum Gasteiger partial charge on any atom is -0.334 e. The van der Waals surface area contributed by atoms with Gasteiger partial charge in [0.25, 0.3) is 5.91 Å². The van der Waals surface area contributed by atoms with Crippen molar-refractivity contribution in [2.24, 2.45) is 0 Å². The lowest BCUT2D eigenvalue weighted by atomic mass is 9.92. The average molecular weight is 289 g/mol. The minimum absolute atomic E-state index is 0.191. The van der Waals surface area contributed by atoms with Crippen LogP contribution in [-0.4, -0.2) is 17.4 Å². The molecule has 3 aromatic rings. The number of rotatable bonds is 2. The predicted octanol–water partition coefficient (Wildman–Crippen LogP) is 4.67. The van der Waals surface area contributed by atoms with Gasteiger partial charge in [-0.2, -0.15) is 0 Å². The van der Waals surface area contributed by atoms with Crippen LogP contribution in [-0.2, 0) is 6.54 Å². The lowest BCUT2D eigenvalue weighted by molar-refractivity contribution is 0.0780. The highest BCUT2D eigenvalue weighted by atomic mass is 16.2. The SMILES string of the molecule is CCCN1Cc2c(c3ccc(C)cc3c3ccccc23)C1=O. The van der Waals surface area contributed by atoms with Crippen molar-refractivity contribution >= 4 is 27.5 Å². The summed E-state index contributed by atoms with van der Waals surface area (Å²) >= 11 is 0. The topological polar surface area (TPSA) is 20.3 Å². The van der Waals surface area contributed by atoms with Crippen LogP contribution in [0.1, 0.15) is 34.8 Å². The zero-order valence-corrected chi connectivity index (χ0v) is 13.0. The van der Waals surface area contributed by atoms with Crippen LogP contribution >= 0.6 is 0 Å². The molecule has 0 saturated carbocycles. The summed E-state index contributed by atoms with van der Waals surface area (Å²) in [4.78, 5) is 14.8. The van der Waals surface area contributed by atoms with Gasteiger partial charge in [0.1, 0.15) is 0 Å². The van der Waals surface area contributed by atoms with Crippen LogP contribution in [0.15, 0.2) is 42.5 Å². The van der Waals surface area contributed by atoms with Crippen LogP contribution < -0.4 is 0 Å². The maximum absolute atomic E-state index is 12.9. The molecular formula is C20H19NO. The first-order valence-electron chi connectivity index (χ1n) is 7.94. The van der Waals surface area contributed by atoms with Crippen molar-refractivity contribution in [3.8, 4) is 0 Å². The van der Waals surface area contributed by atoms with Crippen LogP contribution in [0.3, 0.4) is 0 Å². The number of carbonyl (C=O) groups is 1. The molecule has 0 spiro atoms. The summed E-state index contributed by atoms with van der Waals surface area (Å²) in [5.41, 5.74) is 3.35. The first-order valence-corrected chi connectivity index (χ1v) is 7.94. The van der Waals surface area contributed by atoms with Crippen LogP contribution in [0.2, 0.25) is 0 Å². The van der Waals surface area contributed by atoms with Crippen molar-refractivity contribution in [2.45, 2.75) is 26.8 Å². The van der Waals surface area contributed by atoms with Crippen LogP contribution in [0.25, 0.3) is 21.5 Å². The van der Waals surface area contributed by atoms with Crippen LogP contribution in [0.5, 0.6) is 0 Å². The highest BCUT2D eigenvalue weighted by molar-refractivity contribution is 6.20. The summed E-state index contributed by atoms with van der Waals surface area (Å²) in [6.07, 6.45) is 0.995. The lowest BCUT2D eigenvalue weighted by Gasteiger charge is -2.13. The Morgan fingerprint density at radius 1 is 1.00 bits per heavy atom. The molecule has 0 unspecified atom stereocenters. The van der Waals surface area contributed by atoms with Crippen LogP contribution in [0.4, 0.5) is 0 Å². The Morgan fingerprint density at radius 2 is 1.77 bits per heavy atom. The van der Waals surface area contributed by atoms with Gasteiger partial charge in [-0.3, -0.25) is 4.79 Å². The number of hydrogen-bond donors (Lipinski definition) is 0. The van der Waals surface area contributed by atoms with Crippen molar-refractivity contribution in [1.29, 1.82) is 0 Å². The third kappa shape index (κ3) is 1.77. The maximum atomic E-state index is 12.9. The molecule has 2 heteroatoms. The number of hydrogen-bond acceptors (Lipinski definition) is 1. The molecule has 0 saturated heterocycles. The van der Waals surface area contributed by atoms with E-state index < -0.39 is 0 Å². The van der Waals surface area contributed by atoms with Gasteiger partial charge in [-0.25, -0.2) is 0 Å². The standard InChI is InChI=1S/C20H19NO/c1-3-10-21-12-18-15-7-5-4-6-14(15)17-11-13(2)8-9-16(17)19(18)20(21)22/h4-9,11H,3,10,12H2,1-2H3. The molecule has 1 aliphatic rings. The summed E-state index contributed by atoms with van der Waals surface area (Å²) in [7, 11) is 0. The number of amides is 1. The van der Waals surface area contributed by atoms with E-state index in [0.29, 0.717) is 0 Å². The molecule has 110 valence electrons. The Morgan fingerprint density at radius 3 is 2.55 bits per heavy atom. The molecule has 0 bridgehead atoms. The van der Waals surface area contributed by atoms with Gasteiger partial charge in [-0.15, -0.1) is 0 Å². The molecule has 2 nitrogen and oxygen atoms in total.